The van der Waals surface area contributed by atoms with Crippen molar-refractivity contribution >= 4 is 40.6 Å². The molecule has 2 bridgehead atoms. The fourth-order valence-corrected chi connectivity index (χ4v) is 4.78. The number of benzene rings is 2. The molecular formula is C24H25ClN6O. The van der Waals surface area contributed by atoms with E-state index < -0.39 is 0 Å². The normalized spacial score (nSPS) is 19.1. The van der Waals surface area contributed by atoms with Crippen molar-refractivity contribution < 1.29 is 4.79 Å². The van der Waals surface area contributed by atoms with Gasteiger partial charge in [0, 0.05) is 25.8 Å². The number of para-hydroxylation sites is 1. The largest absolute Gasteiger partial charge is 0.355 e. The summed E-state index contributed by atoms with van der Waals surface area (Å²) in [7, 11) is 1.60. The lowest BCUT2D eigenvalue weighted by atomic mass is 9.78. The third-order valence-electron chi connectivity index (χ3n) is 6.26. The molecule has 2 atom stereocenters. The van der Waals surface area contributed by atoms with Gasteiger partial charge in [-0.25, -0.2) is 4.98 Å². The first-order valence-electron chi connectivity index (χ1n) is 10.8. The molecule has 0 saturated carbocycles. The zero-order valence-electron chi connectivity index (χ0n) is 17.8. The summed E-state index contributed by atoms with van der Waals surface area (Å²) in [5, 5.41) is 13.1. The van der Waals surface area contributed by atoms with Crippen molar-refractivity contribution in [1.29, 1.82) is 0 Å². The maximum absolute atomic E-state index is 12.2. The predicted molar refractivity (Wildman–Crippen MR) is 127 cm³/mol. The van der Waals surface area contributed by atoms with Gasteiger partial charge in [-0.3, -0.25) is 4.79 Å². The van der Waals surface area contributed by atoms with Crippen molar-refractivity contribution in [2.75, 3.05) is 30.8 Å². The Morgan fingerprint density at radius 2 is 1.84 bits per heavy atom. The smallest absolute Gasteiger partial charge is 0.253 e. The molecule has 2 aromatic carbocycles. The van der Waals surface area contributed by atoms with Crippen LogP contribution in [-0.2, 0) is 0 Å². The number of nitrogens with zero attached hydrogens (tertiary/aromatic N) is 2. The Bertz CT molecular complexity index is 1160. The lowest BCUT2D eigenvalue weighted by molar-refractivity contribution is 0.0964. The number of carbonyl (C=O) groups excluding carboxylic acids is 1. The van der Waals surface area contributed by atoms with Crippen LogP contribution in [0.15, 0.2) is 48.7 Å². The minimum Gasteiger partial charge on any atom is -0.355 e. The molecule has 8 heteroatoms. The molecule has 7 nitrogen and oxygen atoms in total. The Balaban J connectivity index is 1.40. The molecule has 3 heterocycles. The number of halogens is 1. The van der Waals surface area contributed by atoms with Crippen LogP contribution in [0.2, 0.25) is 5.02 Å². The first-order valence-corrected chi connectivity index (χ1v) is 11.2. The predicted octanol–water partition coefficient (Wildman–Crippen LogP) is 4.54. The van der Waals surface area contributed by atoms with Crippen molar-refractivity contribution in [3.8, 4) is 0 Å². The Morgan fingerprint density at radius 3 is 2.66 bits per heavy atom. The van der Waals surface area contributed by atoms with Gasteiger partial charge in [-0.05, 0) is 60.1 Å². The first-order chi connectivity index (χ1) is 15.6. The fraction of sp³-hybridized carbons (Fsp3) is 0.292. The van der Waals surface area contributed by atoms with Gasteiger partial charge in [0.25, 0.3) is 5.91 Å². The number of nitrogens with one attached hydrogen (secondary N) is 4. The van der Waals surface area contributed by atoms with Crippen molar-refractivity contribution in [2.24, 2.45) is 0 Å². The van der Waals surface area contributed by atoms with Gasteiger partial charge in [-0.15, -0.1) is 0 Å². The Morgan fingerprint density at radius 1 is 1.06 bits per heavy atom. The third kappa shape index (κ3) is 4.01. The SMILES string of the molecule is CNC(=O)c1ccccc1Nc1nc(Nc2ccc3c(c2)C2CCC3CNC2)ncc1Cl. The van der Waals surface area contributed by atoms with Crippen LogP contribution >= 0.6 is 11.6 Å². The van der Waals surface area contributed by atoms with Crippen LogP contribution in [0.1, 0.15) is 46.2 Å². The highest BCUT2D eigenvalue weighted by Crippen LogP contribution is 2.41. The number of hydrogen-bond donors (Lipinski definition) is 4. The molecule has 0 radical (unpaired) electrons. The van der Waals surface area contributed by atoms with Crippen LogP contribution in [0.4, 0.5) is 23.1 Å². The van der Waals surface area contributed by atoms with Gasteiger partial charge in [-0.2, -0.15) is 4.98 Å². The minimum absolute atomic E-state index is 0.189. The van der Waals surface area contributed by atoms with Crippen LogP contribution in [0.5, 0.6) is 0 Å². The number of anilines is 4. The Labute approximate surface area is 192 Å². The maximum atomic E-state index is 12.2. The van der Waals surface area contributed by atoms with Gasteiger partial charge in [0.15, 0.2) is 5.82 Å². The summed E-state index contributed by atoms with van der Waals surface area (Å²) in [5.41, 5.74) is 4.96. The van der Waals surface area contributed by atoms with Crippen LogP contribution < -0.4 is 21.3 Å². The zero-order chi connectivity index (χ0) is 22.1. The molecule has 2 aliphatic heterocycles. The molecule has 4 N–H and O–H groups in total. The summed E-state index contributed by atoms with van der Waals surface area (Å²) in [6.45, 7) is 2.09. The van der Waals surface area contributed by atoms with Gasteiger partial charge in [0.05, 0.1) is 17.4 Å². The molecule has 1 saturated heterocycles. The molecule has 2 unspecified atom stereocenters. The number of carbonyl (C=O) groups is 1. The number of amides is 1. The molecule has 32 heavy (non-hydrogen) atoms. The van der Waals surface area contributed by atoms with E-state index in [4.69, 9.17) is 11.6 Å². The van der Waals surface area contributed by atoms with Crippen molar-refractivity contribution in [3.63, 3.8) is 0 Å². The van der Waals surface area contributed by atoms with Gasteiger partial charge < -0.3 is 21.3 Å². The van der Waals surface area contributed by atoms with Crippen molar-refractivity contribution in [1.82, 2.24) is 20.6 Å². The highest BCUT2D eigenvalue weighted by atomic mass is 35.5. The standard InChI is InChI=1S/C24H25ClN6O/c1-26-23(32)18-4-2-3-5-21(18)30-22-20(25)13-28-24(31-22)29-16-8-9-17-14-6-7-15(12-27-11-14)19(17)10-16/h2-5,8-10,13-15,27H,6-7,11-12H2,1H3,(H,26,32)(H2,28,29,30,31). The van der Waals surface area contributed by atoms with E-state index in [1.807, 2.05) is 18.2 Å². The van der Waals surface area contributed by atoms with E-state index in [-0.39, 0.29) is 5.91 Å². The molecule has 164 valence electrons. The van der Waals surface area contributed by atoms with E-state index in [0.29, 0.717) is 39.9 Å². The number of aromatic nitrogens is 2. The molecule has 3 aliphatic rings. The molecule has 6 rings (SSSR count). The summed E-state index contributed by atoms with van der Waals surface area (Å²) < 4.78 is 0. The van der Waals surface area contributed by atoms with E-state index in [9.17, 15) is 4.79 Å². The molecule has 1 aromatic heterocycles. The van der Waals surface area contributed by atoms with Crippen LogP contribution in [0, 0.1) is 0 Å². The Kier molecular flexibility index (Phi) is 5.68. The van der Waals surface area contributed by atoms with Crippen LogP contribution in [0.25, 0.3) is 0 Å². The van der Waals surface area contributed by atoms with E-state index in [0.717, 1.165) is 18.8 Å². The number of hydrogen-bond acceptors (Lipinski definition) is 6. The van der Waals surface area contributed by atoms with Gasteiger partial charge >= 0.3 is 0 Å². The first kappa shape index (κ1) is 20.7. The summed E-state index contributed by atoms with van der Waals surface area (Å²) in [5.74, 6) is 1.82. The van der Waals surface area contributed by atoms with Crippen LogP contribution in [-0.4, -0.2) is 36.0 Å². The highest BCUT2D eigenvalue weighted by Gasteiger charge is 2.30. The van der Waals surface area contributed by atoms with E-state index in [2.05, 4.69) is 49.4 Å². The van der Waals surface area contributed by atoms with E-state index >= 15 is 0 Å². The molecule has 1 fully saturated rings. The number of fused-ring (bicyclic) bond motifs is 3. The molecule has 3 aromatic rings. The van der Waals surface area contributed by atoms with Gasteiger partial charge in [0.1, 0.15) is 5.02 Å². The maximum Gasteiger partial charge on any atom is 0.253 e. The second-order valence-electron chi connectivity index (χ2n) is 8.24. The molecule has 1 amide bonds. The monoisotopic (exact) mass is 448 g/mol. The molecular weight excluding hydrogens is 424 g/mol. The average molecular weight is 449 g/mol. The second-order valence-corrected chi connectivity index (χ2v) is 8.65. The van der Waals surface area contributed by atoms with Crippen molar-refractivity contribution in [2.45, 2.75) is 24.7 Å². The fourth-order valence-electron chi connectivity index (χ4n) is 4.64. The zero-order valence-corrected chi connectivity index (χ0v) is 18.5. The van der Waals surface area contributed by atoms with Gasteiger partial charge in [0.2, 0.25) is 5.95 Å². The lowest BCUT2D eigenvalue weighted by Gasteiger charge is -2.27. The second kappa shape index (κ2) is 8.76. The summed E-state index contributed by atoms with van der Waals surface area (Å²) in [6, 6.07) is 13.8. The van der Waals surface area contributed by atoms with E-state index in [1.54, 1.807) is 19.3 Å². The minimum atomic E-state index is -0.189. The Hall–Kier alpha value is -3.16. The number of rotatable bonds is 5. The van der Waals surface area contributed by atoms with Crippen molar-refractivity contribution in [3.05, 3.63) is 70.4 Å². The van der Waals surface area contributed by atoms with Gasteiger partial charge in [-0.1, -0.05) is 29.8 Å². The lowest BCUT2D eigenvalue weighted by Crippen LogP contribution is -2.19. The summed E-state index contributed by atoms with van der Waals surface area (Å²) >= 11 is 6.35. The summed E-state index contributed by atoms with van der Waals surface area (Å²) in [4.78, 5) is 21.1. The average Bonchev–Trinajstić information content (AvgIpc) is 3.16. The summed E-state index contributed by atoms with van der Waals surface area (Å²) in [6.07, 6.45) is 4.03. The topological polar surface area (TPSA) is 91.0 Å². The highest BCUT2D eigenvalue weighted by molar-refractivity contribution is 6.33. The van der Waals surface area contributed by atoms with E-state index in [1.165, 1.54) is 24.0 Å². The molecule has 1 aliphatic carbocycles. The third-order valence-corrected chi connectivity index (χ3v) is 6.54. The molecule has 0 spiro atoms. The quantitative estimate of drug-likeness (QED) is 0.458. The van der Waals surface area contributed by atoms with Crippen LogP contribution in [0.3, 0.4) is 0 Å².